The van der Waals surface area contributed by atoms with Crippen LogP contribution < -0.4 is 5.32 Å². The molecule has 0 heterocycles. The lowest BCUT2D eigenvalue weighted by atomic mass is 10.1. The zero-order valence-electron chi connectivity index (χ0n) is 13.1. The zero-order chi connectivity index (χ0) is 15.9. The van der Waals surface area contributed by atoms with E-state index in [-0.39, 0.29) is 0 Å². The van der Waals surface area contributed by atoms with Crippen LogP contribution in [-0.2, 0) is 6.42 Å². The molecule has 0 saturated heterocycles. The first-order chi connectivity index (χ1) is 9.66. The molecule has 0 aliphatic heterocycles. The first-order valence-corrected chi connectivity index (χ1v) is 6.93. The van der Waals surface area contributed by atoms with Crippen LogP contribution in [0.15, 0.2) is 24.3 Å². The number of rotatable bonds is 3. The molecule has 3 N–H and O–H groups in total. The van der Waals surface area contributed by atoms with Gasteiger partial charge < -0.3 is 15.5 Å². The summed E-state index contributed by atoms with van der Waals surface area (Å²) in [6.45, 7) is 7.14. The third-order valence-electron chi connectivity index (χ3n) is 2.42. The summed E-state index contributed by atoms with van der Waals surface area (Å²) >= 11 is 0. The molecule has 1 aromatic carbocycles. The Kier molecular flexibility index (Phi) is 5.85. The quantitative estimate of drug-likeness (QED) is 0.746. The minimum atomic E-state index is -0.954. The maximum atomic E-state index is 9.50. The maximum absolute atomic E-state index is 9.50. The third-order valence-corrected chi connectivity index (χ3v) is 2.42. The van der Waals surface area contributed by atoms with Gasteiger partial charge in [0, 0.05) is 12.1 Å². The monoisotopic (exact) mass is 285 g/mol. The van der Waals surface area contributed by atoms with Crippen LogP contribution in [-0.4, -0.2) is 28.0 Å². The van der Waals surface area contributed by atoms with Gasteiger partial charge in [0.2, 0.25) is 0 Å². The molecule has 21 heavy (non-hydrogen) atoms. The van der Waals surface area contributed by atoms with E-state index in [1.165, 1.54) is 0 Å². The Balaban J connectivity index is 2.50. The molecule has 0 aliphatic rings. The molecule has 1 aromatic rings. The van der Waals surface area contributed by atoms with Crippen molar-refractivity contribution in [1.29, 1.82) is 0 Å². The molecule has 0 atom stereocenters. The minimum Gasteiger partial charge on any atom is -0.378 e. The van der Waals surface area contributed by atoms with Gasteiger partial charge in [-0.1, -0.05) is 35.8 Å². The van der Waals surface area contributed by atoms with Crippen molar-refractivity contribution in [2.75, 3.05) is 11.9 Å². The molecule has 0 aliphatic carbocycles. The summed E-state index contributed by atoms with van der Waals surface area (Å²) in [6, 6.07) is 7.91. The summed E-state index contributed by atoms with van der Waals surface area (Å²) in [5.41, 5.74) is 0.171. The Bertz CT molecular complexity index is 567. The molecule has 0 bridgehead atoms. The van der Waals surface area contributed by atoms with Gasteiger partial charge in [-0.25, -0.2) is 0 Å². The highest BCUT2D eigenvalue weighted by atomic mass is 16.3. The van der Waals surface area contributed by atoms with Crippen LogP contribution in [0.5, 0.6) is 0 Å². The van der Waals surface area contributed by atoms with Gasteiger partial charge in [0.15, 0.2) is 0 Å². The van der Waals surface area contributed by atoms with E-state index in [0.717, 1.165) is 11.3 Å². The summed E-state index contributed by atoms with van der Waals surface area (Å²) in [7, 11) is 0. The van der Waals surface area contributed by atoms with E-state index in [0.29, 0.717) is 13.0 Å². The summed E-state index contributed by atoms with van der Waals surface area (Å²) < 4.78 is 0. The standard InChI is InChI=1S/C18H23NO2/c1-17(2,20)12-5-7-15-8-10-16(11-9-15)19-14-6-13-18(3,4)21/h8-11,19-21H,7,14H2,1-4H3. The first kappa shape index (κ1) is 17.1. The zero-order valence-corrected chi connectivity index (χ0v) is 13.1. The molecule has 3 heteroatoms. The van der Waals surface area contributed by atoms with Gasteiger partial charge >= 0.3 is 0 Å². The Morgan fingerprint density at radius 1 is 0.905 bits per heavy atom. The van der Waals surface area contributed by atoms with E-state index in [1.807, 2.05) is 24.3 Å². The molecule has 0 radical (unpaired) electrons. The number of anilines is 1. The lowest BCUT2D eigenvalue weighted by molar-refractivity contribution is 0.143. The summed E-state index contributed by atoms with van der Waals surface area (Å²) in [5, 5.41) is 22.1. The topological polar surface area (TPSA) is 52.5 Å². The van der Waals surface area contributed by atoms with E-state index in [1.54, 1.807) is 27.7 Å². The van der Waals surface area contributed by atoms with Crippen LogP contribution in [0.3, 0.4) is 0 Å². The van der Waals surface area contributed by atoms with Crippen molar-refractivity contribution >= 4 is 5.69 Å². The van der Waals surface area contributed by atoms with E-state index >= 15 is 0 Å². The number of hydrogen-bond donors (Lipinski definition) is 3. The van der Waals surface area contributed by atoms with Crippen LogP contribution in [0.2, 0.25) is 0 Å². The molecule has 0 spiro atoms. The van der Waals surface area contributed by atoms with Crippen molar-refractivity contribution in [2.45, 2.75) is 45.3 Å². The van der Waals surface area contributed by atoms with Crippen molar-refractivity contribution in [1.82, 2.24) is 0 Å². The fraction of sp³-hybridized carbons (Fsp3) is 0.444. The van der Waals surface area contributed by atoms with Gasteiger partial charge in [-0.15, -0.1) is 0 Å². The molecule has 3 nitrogen and oxygen atoms in total. The second kappa shape index (κ2) is 7.18. The van der Waals surface area contributed by atoms with Crippen LogP contribution in [0.1, 0.15) is 33.3 Å². The van der Waals surface area contributed by atoms with Crippen LogP contribution in [0, 0.1) is 23.7 Å². The average molecular weight is 285 g/mol. The van der Waals surface area contributed by atoms with Crippen LogP contribution in [0.4, 0.5) is 5.69 Å². The molecule has 0 aromatic heterocycles. The van der Waals surface area contributed by atoms with Crippen molar-refractivity contribution in [3.05, 3.63) is 29.8 Å². The van der Waals surface area contributed by atoms with Gasteiger partial charge in [0.05, 0.1) is 6.54 Å². The lowest BCUT2D eigenvalue weighted by Gasteiger charge is -2.07. The Hall–Kier alpha value is -1.94. The van der Waals surface area contributed by atoms with Gasteiger partial charge in [-0.3, -0.25) is 0 Å². The second-order valence-electron chi connectivity index (χ2n) is 5.95. The highest BCUT2D eigenvalue weighted by Gasteiger charge is 2.05. The summed E-state index contributed by atoms with van der Waals surface area (Å²) in [6.07, 6.45) is 0.614. The average Bonchev–Trinajstić information content (AvgIpc) is 2.34. The van der Waals surface area contributed by atoms with E-state index < -0.39 is 11.2 Å². The highest BCUT2D eigenvalue weighted by Crippen LogP contribution is 2.09. The molecule has 0 saturated carbocycles. The highest BCUT2D eigenvalue weighted by molar-refractivity contribution is 5.46. The molecule has 1 rings (SSSR count). The van der Waals surface area contributed by atoms with Gasteiger partial charge in [-0.05, 0) is 45.4 Å². The maximum Gasteiger partial charge on any atom is 0.120 e. The molecule has 0 fully saturated rings. The number of benzene rings is 1. The number of hydrogen-bond acceptors (Lipinski definition) is 3. The van der Waals surface area contributed by atoms with Crippen molar-refractivity contribution in [2.24, 2.45) is 0 Å². The van der Waals surface area contributed by atoms with E-state index in [4.69, 9.17) is 0 Å². The SMILES string of the molecule is CC(C)(O)C#CCNc1ccc(CC#CC(C)(C)O)cc1. The Morgan fingerprint density at radius 3 is 1.95 bits per heavy atom. The summed E-state index contributed by atoms with van der Waals surface area (Å²) in [4.78, 5) is 0. The molecular weight excluding hydrogens is 262 g/mol. The largest absolute Gasteiger partial charge is 0.378 e. The molecule has 0 amide bonds. The molecular formula is C18H23NO2. The van der Waals surface area contributed by atoms with Gasteiger partial charge in [-0.2, -0.15) is 0 Å². The predicted molar refractivity (Wildman–Crippen MR) is 86.8 cm³/mol. The van der Waals surface area contributed by atoms with Crippen molar-refractivity contribution in [3.63, 3.8) is 0 Å². The third kappa shape index (κ3) is 8.76. The van der Waals surface area contributed by atoms with Crippen LogP contribution in [0.25, 0.3) is 0 Å². The van der Waals surface area contributed by atoms with Gasteiger partial charge in [0.1, 0.15) is 11.2 Å². The smallest absolute Gasteiger partial charge is 0.120 e. The van der Waals surface area contributed by atoms with E-state index in [9.17, 15) is 10.2 Å². The molecule has 0 unspecified atom stereocenters. The Labute approximate surface area is 127 Å². The minimum absolute atomic E-state index is 0.488. The fourth-order valence-corrected chi connectivity index (χ4v) is 1.51. The normalized spacial score (nSPS) is 11.0. The predicted octanol–water partition coefficient (Wildman–Crippen LogP) is 2.19. The Morgan fingerprint density at radius 2 is 1.43 bits per heavy atom. The summed E-state index contributed by atoms with van der Waals surface area (Å²) in [5.74, 6) is 11.4. The fourth-order valence-electron chi connectivity index (χ4n) is 1.51. The van der Waals surface area contributed by atoms with Gasteiger partial charge in [0.25, 0.3) is 0 Å². The van der Waals surface area contributed by atoms with Crippen molar-refractivity contribution in [3.8, 4) is 23.7 Å². The lowest BCUT2D eigenvalue weighted by Crippen LogP contribution is -2.15. The molecule has 112 valence electrons. The number of aliphatic hydroxyl groups is 2. The number of nitrogens with one attached hydrogen (secondary N) is 1. The second-order valence-corrected chi connectivity index (χ2v) is 5.95. The van der Waals surface area contributed by atoms with E-state index in [2.05, 4.69) is 29.0 Å². The van der Waals surface area contributed by atoms with Crippen molar-refractivity contribution < 1.29 is 10.2 Å². The first-order valence-electron chi connectivity index (χ1n) is 6.93. The van der Waals surface area contributed by atoms with Crippen LogP contribution >= 0.6 is 0 Å².